The molecule has 2 aromatic carbocycles. The molecule has 30 heavy (non-hydrogen) atoms. The Bertz CT molecular complexity index is 941. The van der Waals surface area contributed by atoms with Crippen LogP contribution in [0.3, 0.4) is 0 Å². The van der Waals surface area contributed by atoms with Gasteiger partial charge in [0.05, 0.1) is 10.6 Å². The zero-order chi connectivity index (χ0) is 21.7. The Hall–Kier alpha value is -2.09. The second-order valence-electron chi connectivity index (χ2n) is 6.81. The fourth-order valence-corrected chi connectivity index (χ4v) is 4.03. The summed E-state index contributed by atoms with van der Waals surface area (Å²) in [4.78, 5) is 27.4. The summed E-state index contributed by atoms with van der Waals surface area (Å²) < 4.78 is 10.7. The average molecular weight is 469 g/mol. The van der Waals surface area contributed by atoms with Gasteiger partial charge in [-0.15, -0.1) is 0 Å². The Morgan fingerprint density at radius 1 is 1.17 bits per heavy atom. The van der Waals surface area contributed by atoms with E-state index in [1.807, 2.05) is 24.5 Å². The van der Waals surface area contributed by atoms with Gasteiger partial charge in [0.25, 0.3) is 5.91 Å². The molecule has 1 atom stereocenters. The Labute approximate surface area is 189 Å². The third-order valence-corrected chi connectivity index (χ3v) is 5.81. The lowest BCUT2D eigenvalue weighted by Crippen LogP contribution is -2.47. The highest BCUT2D eigenvalue weighted by Gasteiger charge is 2.25. The molecule has 2 amide bonds. The van der Waals surface area contributed by atoms with E-state index in [-0.39, 0.29) is 23.3 Å². The lowest BCUT2D eigenvalue weighted by Gasteiger charge is -2.25. The van der Waals surface area contributed by atoms with Gasteiger partial charge in [-0.25, -0.2) is 0 Å². The average Bonchev–Trinajstić information content (AvgIpc) is 3.18. The minimum atomic E-state index is -0.671. The van der Waals surface area contributed by atoms with E-state index in [2.05, 4.69) is 5.32 Å². The smallest absolute Gasteiger partial charge is 0.253 e. The van der Waals surface area contributed by atoms with Crippen LogP contribution in [0, 0.1) is 0 Å². The highest BCUT2D eigenvalue weighted by Crippen LogP contribution is 2.32. The highest BCUT2D eigenvalue weighted by molar-refractivity contribution is 7.98. The Morgan fingerprint density at radius 3 is 2.67 bits per heavy atom. The first kappa shape index (κ1) is 22.6. The SMILES string of the molecule is CSCCC(NC(=O)c1ccc(Cl)cc1Cl)C(=O)N(C)Cc1ccc2c(c1)OCO2. The van der Waals surface area contributed by atoms with Crippen LogP contribution in [0.5, 0.6) is 11.5 Å². The van der Waals surface area contributed by atoms with Gasteiger partial charge in [-0.2, -0.15) is 11.8 Å². The molecule has 1 aliphatic heterocycles. The summed E-state index contributed by atoms with van der Waals surface area (Å²) in [7, 11) is 1.71. The summed E-state index contributed by atoms with van der Waals surface area (Å²) in [5.74, 6) is 1.49. The number of nitrogens with zero attached hydrogens (tertiary/aromatic N) is 1. The van der Waals surface area contributed by atoms with E-state index in [0.29, 0.717) is 29.5 Å². The predicted octanol–water partition coefficient (Wildman–Crippen LogP) is 4.23. The van der Waals surface area contributed by atoms with E-state index in [4.69, 9.17) is 32.7 Å². The molecule has 0 bridgehead atoms. The third-order valence-electron chi connectivity index (χ3n) is 4.62. The minimum Gasteiger partial charge on any atom is -0.454 e. The summed E-state index contributed by atoms with van der Waals surface area (Å²) in [5, 5.41) is 3.50. The van der Waals surface area contributed by atoms with E-state index in [0.717, 1.165) is 11.3 Å². The summed E-state index contributed by atoms with van der Waals surface area (Å²) >= 11 is 13.7. The first-order valence-corrected chi connectivity index (χ1v) is 11.4. The third kappa shape index (κ3) is 5.53. The molecule has 0 aliphatic carbocycles. The Morgan fingerprint density at radius 2 is 1.93 bits per heavy atom. The number of hydrogen-bond donors (Lipinski definition) is 1. The van der Waals surface area contributed by atoms with Gasteiger partial charge >= 0.3 is 0 Å². The molecule has 160 valence electrons. The molecule has 1 unspecified atom stereocenters. The molecule has 3 rings (SSSR count). The number of likely N-dealkylation sites (N-methyl/N-ethyl adjacent to an activating group) is 1. The topological polar surface area (TPSA) is 67.9 Å². The number of thioether (sulfide) groups is 1. The zero-order valence-corrected chi connectivity index (χ0v) is 18.9. The van der Waals surface area contributed by atoms with Crippen molar-refractivity contribution in [3.05, 3.63) is 57.6 Å². The minimum absolute atomic E-state index is 0.180. The quantitative estimate of drug-likeness (QED) is 0.627. The van der Waals surface area contributed by atoms with Crippen LogP contribution in [0.1, 0.15) is 22.3 Å². The molecular weight excluding hydrogens is 447 g/mol. The van der Waals surface area contributed by atoms with E-state index < -0.39 is 11.9 Å². The number of benzene rings is 2. The summed E-state index contributed by atoms with van der Waals surface area (Å²) in [5.41, 5.74) is 1.19. The van der Waals surface area contributed by atoms with E-state index >= 15 is 0 Å². The molecule has 0 saturated heterocycles. The molecule has 0 aromatic heterocycles. The van der Waals surface area contributed by atoms with Crippen molar-refractivity contribution < 1.29 is 19.1 Å². The van der Waals surface area contributed by atoms with Gasteiger partial charge in [0.1, 0.15) is 6.04 Å². The maximum atomic E-state index is 13.1. The number of rotatable bonds is 8. The molecule has 0 saturated carbocycles. The van der Waals surface area contributed by atoms with Crippen molar-refractivity contribution in [1.82, 2.24) is 10.2 Å². The van der Waals surface area contributed by atoms with Gasteiger partial charge in [0.15, 0.2) is 11.5 Å². The molecule has 9 heteroatoms. The zero-order valence-electron chi connectivity index (χ0n) is 16.6. The first-order valence-electron chi connectivity index (χ1n) is 9.27. The maximum absolute atomic E-state index is 13.1. The van der Waals surface area contributed by atoms with E-state index in [1.165, 1.54) is 6.07 Å². The van der Waals surface area contributed by atoms with Crippen LogP contribution in [0.15, 0.2) is 36.4 Å². The molecule has 0 radical (unpaired) electrons. The fraction of sp³-hybridized carbons (Fsp3) is 0.333. The van der Waals surface area contributed by atoms with Gasteiger partial charge in [-0.3, -0.25) is 9.59 Å². The largest absolute Gasteiger partial charge is 0.454 e. The van der Waals surface area contributed by atoms with Crippen molar-refractivity contribution in [3.63, 3.8) is 0 Å². The van der Waals surface area contributed by atoms with Crippen LogP contribution in [0.4, 0.5) is 0 Å². The normalized spacial score (nSPS) is 13.1. The number of carbonyl (C=O) groups is 2. The van der Waals surface area contributed by atoms with Crippen LogP contribution >= 0.6 is 35.0 Å². The molecule has 6 nitrogen and oxygen atoms in total. The van der Waals surface area contributed by atoms with Crippen LogP contribution in [-0.4, -0.2) is 48.6 Å². The van der Waals surface area contributed by atoms with Crippen LogP contribution < -0.4 is 14.8 Å². The number of halogens is 2. The number of ether oxygens (including phenoxy) is 2. The molecule has 0 fully saturated rings. The van der Waals surface area contributed by atoms with E-state index in [9.17, 15) is 9.59 Å². The monoisotopic (exact) mass is 468 g/mol. The molecule has 1 heterocycles. The lowest BCUT2D eigenvalue weighted by molar-refractivity contribution is -0.132. The van der Waals surface area contributed by atoms with Crippen molar-refractivity contribution in [2.45, 2.75) is 19.0 Å². The number of fused-ring (bicyclic) bond motifs is 1. The number of hydrogen-bond acceptors (Lipinski definition) is 5. The van der Waals surface area contributed by atoms with Gasteiger partial charge in [-0.1, -0.05) is 29.3 Å². The maximum Gasteiger partial charge on any atom is 0.253 e. The van der Waals surface area contributed by atoms with Crippen molar-refractivity contribution in [1.29, 1.82) is 0 Å². The lowest BCUT2D eigenvalue weighted by atomic mass is 10.1. The molecule has 0 spiro atoms. The summed E-state index contributed by atoms with van der Waals surface area (Å²) in [6.45, 7) is 0.576. The van der Waals surface area contributed by atoms with Gasteiger partial charge in [-0.05, 0) is 54.3 Å². The predicted molar refractivity (Wildman–Crippen MR) is 120 cm³/mol. The van der Waals surface area contributed by atoms with Gasteiger partial charge in [0.2, 0.25) is 12.7 Å². The van der Waals surface area contributed by atoms with Crippen molar-refractivity contribution in [2.24, 2.45) is 0 Å². The van der Waals surface area contributed by atoms with E-state index in [1.54, 1.807) is 35.8 Å². The summed E-state index contributed by atoms with van der Waals surface area (Å²) in [6.07, 6.45) is 2.46. The molecule has 2 aromatic rings. The van der Waals surface area contributed by atoms with Gasteiger partial charge in [0, 0.05) is 18.6 Å². The molecular formula is C21H22Cl2N2O4S. The van der Waals surface area contributed by atoms with Crippen LogP contribution in [0.25, 0.3) is 0 Å². The fourth-order valence-electron chi connectivity index (χ4n) is 3.06. The molecule has 1 N–H and O–H groups in total. The highest BCUT2D eigenvalue weighted by atomic mass is 35.5. The summed E-state index contributed by atoms with van der Waals surface area (Å²) in [6, 6.07) is 9.54. The first-order chi connectivity index (χ1) is 14.4. The Kier molecular flexibility index (Phi) is 7.75. The van der Waals surface area contributed by atoms with Crippen molar-refractivity contribution in [2.75, 3.05) is 25.8 Å². The number of carbonyl (C=O) groups excluding carboxylic acids is 2. The van der Waals surface area contributed by atoms with Crippen molar-refractivity contribution in [3.8, 4) is 11.5 Å². The second kappa shape index (κ2) is 10.3. The van der Waals surface area contributed by atoms with Crippen molar-refractivity contribution >= 4 is 46.8 Å². The van der Waals surface area contributed by atoms with Crippen LogP contribution in [-0.2, 0) is 11.3 Å². The van der Waals surface area contributed by atoms with Crippen LogP contribution in [0.2, 0.25) is 10.0 Å². The Balaban J connectivity index is 1.70. The molecule has 1 aliphatic rings. The standard InChI is InChI=1S/C21H22Cl2N2O4S/c1-25(11-13-3-6-18-19(9-13)29-12-28-18)21(27)17(7-8-30-2)24-20(26)15-5-4-14(22)10-16(15)23/h3-6,9-10,17H,7-8,11-12H2,1-2H3,(H,24,26). The van der Waals surface area contributed by atoms with Gasteiger partial charge < -0.3 is 19.7 Å². The number of nitrogens with one attached hydrogen (secondary N) is 1. The number of amides is 2. The second-order valence-corrected chi connectivity index (χ2v) is 8.64.